The van der Waals surface area contributed by atoms with Gasteiger partial charge in [0.25, 0.3) is 5.91 Å². The lowest BCUT2D eigenvalue weighted by molar-refractivity contribution is -0.135. The van der Waals surface area contributed by atoms with Crippen LogP contribution in [0.15, 0.2) is 24.3 Å². The summed E-state index contributed by atoms with van der Waals surface area (Å²) in [4.78, 5) is 27.4. The summed E-state index contributed by atoms with van der Waals surface area (Å²) in [5.41, 5.74) is 3.43. The molecule has 1 amide bonds. The molecule has 1 aromatic heterocycles. The lowest BCUT2D eigenvalue weighted by atomic mass is 10.0. The highest BCUT2D eigenvalue weighted by molar-refractivity contribution is 5.93. The van der Waals surface area contributed by atoms with Crippen LogP contribution < -0.4 is 9.47 Å². The van der Waals surface area contributed by atoms with Crippen LogP contribution in [0, 0.1) is 13.8 Å². The van der Waals surface area contributed by atoms with Crippen molar-refractivity contribution in [3.05, 3.63) is 46.8 Å². The predicted molar refractivity (Wildman–Crippen MR) is 116 cm³/mol. The molecule has 1 aliphatic heterocycles. The quantitative estimate of drug-likeness (QED) is 0.627. The lowest BCUT2D eigenvalue weighted by Gasteiger charge is -2.26. The topological polar surface area (TPSA) is 70.0 Å². The second-order valence-electron chi connectivity index (χ2n) is 8.32. The monoisotopic (exact) mass is 426 g/mol. The van der Waals surface area contributed by atoms with Gasteiger partial charge < -0.3 is 23.7 Å². The Morgan fingerprint density at radius 2 is 1.84 bits per heavy atom. The van der Waals surface area contributed by atoms with E-state index in [1.807, 2.05) is 38.1 Å². The zero-order valence-corrected chi connectivity index (χ0v) is 18.6. The Kier molecular flexibility index (Phi) is 5.94. The molecule has 2 aliphatic rings. The molecule has 0 N–H and O–H groups in total. The van der Waals surface area contributed by atoms with E-state index in [0.717, 1.165) is 48.4 Å². The fourth-order valence-corrected chi connectivity index (χ4v) is 4.65. The largest absolute Gasteiger partial charge is 0.497 e. The number of hydrogen-bond donors (Lipinski definition) is 0. The number of aromatic nitrogens is 1. The molecule has 2 fully saturated rings. The molecule has 0 spiro atoms. The van der Waals surface area contributed by atoms with Crippen LogP contribution in [0.3, 0.4) is 0 Å². The minimum atomic E-state index is -0.442. The summed E-state index contributed by atoms with van der Waals surface area (Å²) in [6.45, 7) is 4.30. The first kappa shape index (κ1) is 21.3. The molecule has 7 nitrogen and oxygen atoms in total. The van der Waals surface area contributed by atoms with Crippen LogP contribution >= 0.6 is 0 Å². The van der Waals surface area contributed by atoms with Crippen LogP contribution in [0.5, 0.6) is 11.5 Å². The van der Waals surface area contributed by atoms with Gasteiger partial charge in [0.05, 0.1) is 25.8 Å². The number of benzene rings is 1. The van der Waals surface area contributed by atoms with Crippen molar-refractivity contribution < 1.29 is 23.8 Å². The number of esters is 1. The molecule has 1 aliphatic carbocycles. The van der Waals surface area contributed by atoms with Crippen LogP contribution in [0.2, 0.25) is 0 Å². The number of aryl methyl sites for hydroxylation is 1. The van der Waals surface area contributed by atoms with Gasteiger partial charge in [-0.3, -0.25) is 4.79 Å². The van der Waals surface area contributed by atoms with Crippen LogP contribution in [0.4, 0.5) is 0 Å². The number of ether oxygens (including phenoxy) is 3. The van der Waals surface area contributed by atoms with Crippen molar-refractivity contribution in [3.63, 3.8) is 0 Å². The van der Waals surface area contributed by atoms with Crippen molar-refractivity contribution in [2.75, 3.05) is 27.4 Å². The summed E-state index contributed by atoms with van der Waals surface area (Å²) >= 11 is 0. The second-order valence-corrected chi connectivity index (χ2v) is 8.32. The Morgan fingerprint density at radius 1 is 1.06 bits per heavy atom. The van der Waals surface area contributed by atoms with Gasteiger partial charge in [-0.2, -0.15) is 0 Å². The van der Waals surface area contributed by atoms with Gasteiger partial charge in [0.2, 0.25) is 0 Å². The van der Waals surface area contributed by atoms with Crippen molar-refractivity contribution >= 4 is 11.9 Å². The van der Waals surface area contributed by atoms with Crippen LogP contribution in [-0.2, 0) is 9.53 Å². The molecule has 0 radical (unpaired) electrons. The standard InChI is InChI=1S/C24H30N2O5/c1-15-12-19(16(2)26(15)17-7-8-17)24(28)31-14-23(27)25-11-5-6-21(25)20-13-18(29-3)9-10-22(20)30-4/h9-10,12-13,17,21H,5-8,11,14H2,1-4H3/t21-/m0/s1. The molecule has 4 rings (SSSR count). The lowest BCUT2D eigenvalue weighted by Crippen LogP contribution is -2.34. The average Bonchev–Trinajstić information content (AvgIpc) is 3.39. The van der Waals surface area contributed by atoms with Gasteiger partial charge in [0.1, 0.15) is 11.5 Å². The number of amides is 1. The third-order valence-electron chi connectivity index (χ3n) is 6.31. The molecule has 0 unspecified atom stereocenters. The molecular formula is C24H30N2O5. The molecule has 2 heterocycles. The Labute approximate surface area is 182 Å². The van der Waals surface area contributed by atoms with E-state index in [1.165, 1.54) is 0 Å². The summed E-state index contributed by atoms with van der Waals surface area (Å²) in [7, 11) is 3.23. The summed E-state index contributed by atoms with van der Waals surface area (Å²) < 4.78 is 18.5. The normalized spacial score (nSPS) is 18.2. The first-order valence-corrected chi connectivity index (χ1v) is 10.8. The van der Waals surface area contributed by atoms with E-state index in [0.29, 0.717) is 23.9 Å². The highest BCUT2D eigenvalue weighted by atomic mass is 16.5. The van der Waals surface area contributed by atoms with Crippen molar-refractivity contribution in [3.8, 4) is 11.5 Å². The highest BCUT2D eigenvalue weighted by Crippen LogP contribution is 2.40. The van der Waals surface area contributed by atoms with Crippen LogP contribution in [0.25, 0.3) is 0 Å². The molecule has 1 aromatic carbocycles. The number of likely N-dealkylation sites (tertiary alicyclic amines) is 1. The van der Waals surface area contributed by atoms with Crippen molar-refractivity contribution in [1.82, 2.24) is 9.47 Å². The predicted octanol–water partition coefficient (Wildman–Crippen LogP) is 3.98. The molecular weight excluding hydrogens is 396 g/mol. The van der Waals surface area contributed by atoms with Gasteiger partial charge in [-0.15, -0.1) is 0 Å². The van der Waals surface area contributed by atoms with Gasteiger partial charge in [0, 0.05) is 29.5 Å². The molecule has 31 heavy (non-hydrogen) atoms. The van der Waals surface area contributed by atoms with Crippen molar-refractivity contribution in [2.45, 2.75) is 51.6 Å². The fraction of sp³-hybridized carbons (Fsp3) is 0.500. The maximum Gasteiger partial charge on any atom is 0.340 e. The molecule has 0 bridgehead atoms. The summed E-state index contributed by atoms with van der Waals surface area (Å²) in [6.07, 6.45) is 4.00. The van der Waals surface area contributed by atoms with E-state index in [4.69, 9.17) is 14.2 Å². The van der Waals surface area contributed by atoms with E-state index in [9.17, 15) is 9.59 Å². The van der Waals surface area contributed by atoms with E-state index >= 15 is 0 Å². The van der Waals surface area contributed by atoms with E-state index in [2.05, 4.69) is 4.57 Å². The van der Waals surface area contributed by atoms with Crippen LogP contribution in [-0.4, -0.2) is 48.7 Å². The van der Waals surface area contributed by atoms with E-state index < -0.39 is 5.97 Å². The molecule has 7 heteroatoms. The number of hydrogen-bond acceptors (Lipinski definition) is 5. The zero-order valence-electron chi connectivity index (χ0n) is 18.6. The summed E-state index contributed by atoms with van der Waals surface area (Å²) in [5, 5.41) is 0. The molecule has 1 saturated carbocycles. The Hall–Kier alpha value is -2.96. The minimum absolute atomic E-state index is 0.129. The Bertz CT molecular complexity index is 992. The van der Waals surface area contributed by atoms with E-state index in [-0.39, 0.29) is 18.6 Å². The van der Waals surface area contributed by atoms with Crippen molar-refractivity contribution in [1.29, 1.82) is 0 Å². The minimum Gasteiger partial charge on any atom is -0.497 e. The van der Waals surface area contributed by atoms with Gasteiger partial charge >= 0.3 is 5.97 Å². The average molecular weight is 427 g/mol. The third-order valence-corrected chi connectivity index (χ3v) is 6.31. The molecule has 2 aromatic rings. The molecule has 1 atom stereocenters. The van der Waals surface area contributed by atoms with Gasteiger partial charge in [-0.1, -0.05) is 0 Å². The summed E-state index contributed by atoms with van der Waals surface area (Å²) in [6, 6.07) is 7.82. The second kappa shape index (κ2) is 8.65. The number of nitrogens with zero attached hydrogens (tertiary/aromatic N) is 2. The van der Waals surface area contributed by atoms with Crippen LogP contribution in [0.1, 0.15) is 65.1 Å². The maximum absolute atomic E-state index is 13.0. The number of carbonyl (C=O) groups is 2. The Morgan fingerprint density at radius 3 is 2.52 bits per heavy atom. The molecule has 166 valence electrons. The first-order valence-electron chi connectivity index (χ1n) is 10.8. The number of methoxy groups -OCH3 is 2. The van der Waals surface area contributed by atoms with Gasteiger partial charge in [-0.05, 0) is 63.8 Å². The zero-order chi connectivity index (χ0) is 22.1. The first-order chi connectivity index (χ1) is 14.9. The highest BCUT2D eigenvalue weighted by Gasteiger charge is 2.33. The molecule has 1 saturated heterocycles. The smallest absolute Gasteiger partial charge is 0.340 e. The fourth-order valence-electron chi connectivity index (χ4n) is 4.65. The third kappa shape index (κ3) is 4.13. The van der Waals surface area contributed by atoms with Crippen molar-refractivity contribution in [2.24, 2.45) is 0 Å². The van der Waals surface area contributed by atoms with E-state index in [1.54, 1.807) is 19.1 Å². The number of carbonyl (C=O) groups excluding carboxylic acids is 2. The summed E-state index contributed by atoms with van der Waals surface area (Å²) in [5.74, 6) is 0.794. The van der Waals surface area contributed by atoms with Gasteiger partial charge in [0.15, 0.2) is 6.61 Å². The SMILES string of the molecule is COc1ccc(OC)c([C@@H]2CCCN2C(=O)COC(=O)c2cc(C)n(C3CC3)c2C)c1. The maximum atomic E-state index is 13.0. The Balaban J connectivity index is 1.45. The number of rotatable bonds is 7. The van der Waals surface area contributed by atoms with Gasteiger partial charge in [-0.25, -0.2) is 4.79 Å².